The molecule has 2 rings (SSSR count). The molecule has 2 nitrogen and oxygen atoms in total. The lowest BCUT2D eigenvalue weighted by molar-refractivity contribution is -0.116. The number of rotatable bonds is 2. The summed E-state index contributed by atoms with van der Waals surface area (Å²) in [5.41, 5.74) is 2.96. The van der Waals surface area contributed by atoms with Crippen LogP contribution in [0, 0.1) is 5.82 Å². The van der Waals surface area contributed by atoms with Gasteiger partial charge in [-0.15, -0.1) is 0 Å². The zero-order chi connectivity index (χ0) is 13.1. The lowest BCUT2D eigenvalue weighted by Gasteiger charge is -2.19. The number of fused-ring (bicyclic) bond motifs is 1. The molecule has 0 spiro atoms. The van der Waals surface area contributed by atoms with Gasteiger partial charge >= 0.3 is 0 Å². The van der Waals surface area contributed by atoms with Gasteiger partial charge in [0.2, 0.25) is 5.91 Å². The molecule has 1 aromatic carbocycles. The largest absolute Gasteiger partial charge is 0.350 e. The van der Waals surface area contributed by atoms with Crippen LogP contribution in [0.3, 0.4) is 0 Å². The molecule has 0 radical (unpaired) electrons. The molecular weight excluding hydrogens is 229 g/mol. The van der Waals surface area contributed by atoms with Gasteiger partial charge in [-0.05, 0) is 61.9 Å². The second-order valence-electron chi connectivity index (χ2n) is 4.99. The highest BCUT2D eigenvalue weighted by atomic mass is 19.1. The van der Waals surface area contributed by atoms with Crippen molar-refractivity contribution < 1.29 is 9.18 Å². The van der Waals surface area contributed by atoms with Crippen molar-refractivity contribution in [2.75, 3.05) is 0 Å². The second kappa shape index (κ2) is 5.34. The first-order valence-electron chi connectivity index (χ1n) is 6.36. The van der Waals surface area contributed by atoms with Crippen LogP contribution in [-0.4, -0.2) is 11.9 Å². The van der Waals surface area contributed by atoms with Crippen LogP contribution in [-0.2, 0) is 11.2 Å². The minimum absolute atomic E-state index is 0.0999. The molecule has 0 aromatic heterocycles. The van der Waals surface area contributed by atoms with Crippen molar-refractivity contribution in [3.63, 3.8) is 0 Å². The van der Waals surface area contributed by atoms with Crippen LogP contribution >= 0.6 is 0 Å². The number of hydrogen-bond acceptors (Lipinski definition) is 1. The van der Waals surface area contributed by atoms with E-state index >= 15 is 0 Å². The van der Waals surface area contributed by atoms with Gasteiger partial charge in [0.1, 0.15) is 5.82 Å². The van der Waals surface area contributed by atoms with Crippen molar-refractivity contribution in [1.29, 1.82) is 0 Å². The Kier molecular flexibility index (Phi) is 3.80. The molecule has 18 heavy (non-hydrogen) atoms. The van der Waals surface area contributed by atoms with Crippen LogP contribution in [0.1, 0.15) is 37.8 Å². The number of nitrogens with one attached hydrogen (secondary N) is 1. The molecule has 1 N–H and O–H groups in total. The first-order valence-corrected chi connectivity index (χ1v) is 6.36. The highest BCUT2D eigenvalue weighted by Gasteiger charge is 2.15. The molecule has 0 unspecified atom stereocenters. The molecule has 96 valence electrons. The van der Waals surface area contributed by atoms with Gasteiger partial charge in [0, 0.05) is 12.1 Å². The summed E-state index contributed by atoms with van der Waals surface area (Å²) in [5, 5.41) is 2.83. The first kappa shape index (κ1) is 12.8. The number of allylic oxidation sites excluding steroid dienone is 1. The highest BCUT2D eigenvalue weighted by molar-refractivity contribution is 5.96. The Morgan fingerprint density at radius 2 is 2.17 bits per heavy atom. The summed E-state index contributed by atoms with van der Waals surface area (Å²) in [5.74, 6) is -0.345. The topological polar surface area (TPSA) is 29.1 Å². The average Bonchev–Trinajstić information content (AvgIpc) is 2.28. The molecule has 0 fully saturated rings. The standard InChI is InChI=1S/C15H18FNO/c1-10(2)17-15(18)8-12-5-3-4-11-6-7-13(16)9-14(11)12/h6-10H,3-5H2,1-2H3,(H,17,18)/b12-8+. The van der Waals surface area contributed by atoms with Gasteiger partial charge in [0.25, 0.3) is 0 Å². The normalized spacial score (nSPS) is 16.8. The van der Waals surface area contributed by atoms with E-state index in [1.165, 1.54) is 12.1 Å². The average molecular weight is 247 g/mol. The van der Waals surface area contributed by atoms with E-state index in [9.17, 15) is 9.18 Å². The third-order valence-corrected chi connectivity index (χ3v) is 3.05. The summed E-state index contributed by atoms with van der Waals surface area (Å²) in [4.78, 5) is 11.7. The van der Waals surface area contributed by atoms with E-state index < -0.39 is 0 Å². The maximum atomic E-state index is 13.3. The number of hydrogen-bond donors (Lipinski definition) is 1. The molecule has 3 heteroatoms. The number of benzene rings is 1. The molecule has 1 aliphatic carbocycles. The van der Waals surface area contributed by atoms with Gasteiger partial charge < -0.3 is 5.32 Å². The Morgan fingerprint density at radius 3 is 2.89 bits per heavy atom. The molecule has 0 atom stereocenters. The SMILES string of the molecule is CC(C)NC(=O)/C=C1\CCCc2ccc(F)cc21. The van der Waals surface area contributed by atoms with E-state index in [1.54, 1.807) is 6.08 Å². The molecule has 0 saturated carbocycles. The predicted molar refractivity (Wildman–Crippen MR) is 70.6 cm³/mol. The van der Waals surface area contributed by atoms with Crippen LogP contribution in [0.15, 0.2) is 24.3 Å². The molecule has 0 saturated heterocycles. The van der Waals surface area contributed by atoms with Crippen LogP contribution < -0.4 is 5.32 Å². The molecule has 0 bridgehead atoms. The van der Waals surface area contributed by atoms with Crippen LogP contribution in [0.5, 0.6) is 0 Å². The fourth-order valence-corrected chi connectivity index (χ4v) is 2.30. The number of aryl methyl sites for hydroxylation is 1. The predicted octanol–water partition coefficient (Wildman–Crippen LogP) is 3.07. The summed E-state index contributed by atoms with van der Waals surface area (Å²) in [6, 6.07) is 4.95. The molecule has 1 aromatic rings. The number of amides is 1. The van der Waals surface area contributed by atoms with Crippen molar-refractivity contribution in [3.8, 4) is 0 Å². The van der Waals surface area contributed by atoms with Crippen molar-refractivity contribution in [2.24, 2.45) is 0 Å². The van der Waals surface area contributed by atoms with Crippen molar-refractivity contribution in [2.45, 2.75) is 39.2 Å². The van der Waals surface area contributed by atoms with Crippen LogP contribution in [0.2, 0.25) is 0 Å². The zero-order valence-electron chi connectivity index (χ0n) is 10.8. The summed E-state index contributed by atoms with van der Waals surface area (Å²) >= 11 is 0. The Bertz CT molecular complexity index is 491. The summed E-state index contributed by atoms with van der Waals surface area (Å²) in [6.45, 7) is 3.84. The van der Waals surface area contributed by atoms with E-state index in [4.69, 9.17) is 0 Å². The Hall–Kier alpha value is -1.64. The number of carbonyl (C=O) groups is 1. The van der Waals surface area contributed by atoms with E-state index in [-0.39, 0.29) is 17.8 Å². The number of carbonyl (C=O) groups excluding carboxylic acids is 1. The summed E-state index contributed by atoms with van der Waals surface area (Å²) in [7, 11) is 0. The molecular formula is C15H18FNO. The number of halogens is 1. The molecule has 1 amide bonds. The second-order valence-corrected chi connectivity index (χ2v) is 4.99. The zero-order valence-corrected chi connectivity index (χ0v) is 10.8. The van der Waals surface area contributed by atoms with Crippen molar-refractivity contribution in [1.82, 2.24) is 5.32 Å². The lowest BCUT2D eigenvalue weighted by atomic mass is 9.87. The Labute approximate surface area is 107 Å². The minimum Gasteiger partial charge on any atom is -0.350 e. The van der Waals surface area contributed by atoms with E-state index in [2.05, 4.69) is 5.32 Å². The first-order chi connectivity index (χ1) is 8.56. The molecule has 0 aliphatic heterocycles. The monoisotopic (exact) mass is 247 g/mol. The third-order valence-electron chi connectivity index (χ3n) is 3.05. The fourth-order valence-electron chi connectivity index (χ4n) is 2.30. The van der Waals surface area contributed by atoms with Gasteiger partial charge in [0.05, 0.1) is 0 Å². The molecule has 1 aliphatic rings. The van der Waals surface area contributed by atoms with Gasteiger partial charge in [-0.25, -0.2) is 4.39 Å². The third kappa shape index (κ3) is 2.97. The maximum Gasteiger partial charge on any atom is 0.244 e. The van der Waals surface area contributed by atoms with E-state index in [0.29, 0.717) is 0 Å². The Morgan fingerprint density at radius 1 is 1.39 bits per heavy atom. The van der Waals surface area contributed by atoms with Gasteiger partial charge in [-0.2, -0.15) is 0 Å². The smallest absolute Gasteiger partial charge is 0.244 e. The van der Waals surface area contributed by atoms with Crippen molar-refractivity contribution in [3.05, 3.63) is 41.2 Å². The van der Waals surface area contributed by atoms with Crippen LogP contribution in [0.4, 0.5) is 4.39 Å². The lowest BCUT2D eigenvalue weighted by Crippen LogP contribution is -2.28. The van der Waals surface area contributed by atoms with Gasteiger partial charge in [-0.3, -0.25) is 4.79 Å². The van der Waals surface area contributed by atoms with Gasteiger partial charge in [-0.1, -0.05) is 6.07 Å². The highest BCUT2D eigenvalue weighted by Crippen LogP contribution is 2.31. The van der Waals surface area contributed by atoms with Gasteiger partial charge in [0.15, 0.2) is 0 Å². The maximum absolute atomic E-state index is 13.3. The van der Waals surface area contributed by atoms with E-state index in [1.807, 2.05) is 19.9 Å². The van der Waals surface area contributed by atoms with Crippen molar-refractivity contribution >= 4 is 11.5 Å². The summed E-state index contributed by atoms with van der Waals surface area (Å²) < 4.78 is 13.3. The molecule has 0 heterocycles. The Balaban J connectivity index is 2.29. The fraction of sp³-hybridized carbons (Fsp3) is 0.400. The summed E-state index contributed by atoms with van der Waals surface area (Å²) in [6.07, 6.45) is 4.41. The quantitative estimate of drug-likeness (QED) is 0.799. The van der Waals surface area contributed by atoms with Crippen LogP contribution in [0.25, 0.3) is 5.57 Å². The van der Waals surface area contributed by atoms with E-state index in [0.717, 1.165) is 36.0 Å². The minimum atomic E-state index is -0.245.